The van der Waals surface area contributed by atoms with Crippen LogP contribution in [0.3, 0.4) is 0 Å². The molecule has 2 heterocycles. The minimum Gasteiger partial charge on any atom is -0.381 e. The smallest absolute Gasteiger partial charge is 0.191 e. The zero-order valence-electron chi connectivity index (χ0n) is 12.0. The van der Waals surface area contributed by atoms with E-state index in [-0.39, 0.29) is 5.92 Å². The van der Waals surface area contributed by atoms with Crippen molar-refractivity contribution in [3.63, 3.8) is 0 Å². The summed E-state index contributed by atoms with van der Waals surface area (Å²) in [6.07, 6.45) is 2.04. The number of H-pyrrole nitrogens is 1. The Morgan fingerprint density at radius 1 is 1.23 bits per heavy atom. The molecule has 0 amide bonds. The van der Waals surface area contributed by atoms with E-state index in [1.54, 1.807) is 24.3 Å². The van der Waals surface area contributed by atoms with Gasteiger partial charge in [0.2, 0.25) is 0 Å². The topological polar surface area (TPSA) is 84.9 Å². The molecule has 2 aliphatic rings. The normalized spacial score (nSPS) is 23.5. The Morgan fingerprint density at radius 2 is 2.00 bits per heavy atom. The SMILES string of the molecule is O=S(=O)(c1ccccc1)C1(c2n[nH]c([C@H]3CCOC3)n2)CC1. The Kier molecular flexibility index (Phi) is 3.09. The molecule has 2 aromatic rings. The molecule has 7 heteroatoms. The minimum absolute atomic E-state index is 0.191. The zero-order chi connectivity index (χ0) is 15.2. The van der Waals surface area contributed by atoms with Gasteiger partial charge in [0.25, 0.3) is 0 Å². The number of sulfone groups is 1. The Morgan fingerprint density at radius 3 is 2.64 bits per heavy atom. The van der Waals surface area contributed by atoms with Crippen LogP contribution in [-0.4, -0.2) is 36.8 Å². The van der Waals surface area contributed by atoms with Gasteiger partial charge in [-0.25, -0.2) is 13.4 Å². The lowest BCUT2D eigenvalue weighted by Gasteiger charge is -2.12. The van der Waals surface area contributed by atoms with Crippen molar-refractivity contribution < 1.29 is 13.2 Å². The van der Waals surface area contributed by atoms with Gasteiger partial charge in [0, 0.05) is 12.5 Å². The number of aromatic nitrogens is 3. The molecule has 1 aliphatic heterocycles. The number of nitrogens with zero attached hydrogens (tertiary/aromatic N) is 2. The molecule has 1 saturated heterocycles. The molecular formula is C15H17N3O3S. The molecule has 2 fully saturated rings. The maximum Gasteiger partial charge on any atom is 0.191 e. The van der Waals surface area contributed by atoms with Crippen molar-refractivity contribution in [3.05, 3.63) is 42.0 Å². The van der Waals surface area contributed by atoms with Crippen molar-refractivity contribution in [3.8, 4) is 0 Å². The van der Waals surface area contributed by atoms with Crippen LogP contribution in [0, 0.1) is 0 Å². The number of rotatable bonds is 4. The van der Waals surface area contributed by atoms with Crippen molar-refractivity contribution in [2.24, 2.45) is 0 Å². The first-order valence-electron chi connectivity index (χ1n) is 7.44. The number of nitrogens with one attached hydrogen (secondary N) is 1. The first kappa shape index (κ1) is 13.9. The molecule has 1 aromatic heterocycles. The summed E-state index contributed by atoms with van der Waals surface area (Å²) in [4.78, 5) is 4.83. The van der Waals surface area contributed by atoms with Crippen LogP contribution in [0.25, 0.3) is 0 Å². The second kappa shape index (κ2) is 4.89. The number of aromatic amines is 1. The monoisotopic (exact) mass is 319 g/mol. The second-order valence-electron chi connectivity index (χ2n) is 5.92. The highest BCUT2D eigenvalue weighted by atomic mass is 32.2. The van der Waals surface area contributed by atoms with Crippen LogP contribution in [0.2, 0.25) is 0 Å². The van der Waals surface area contributed by atoms with Crippen LogP contribution in [0.4, 0.5) is 0 Å². The van der Waals surface area contributed by atoms with Gasteiger partial charge in [-0.3, -0.25) is 5.10 Å². The van der Waals surface area contributed by atoms with Crippen molar-refractivity contribution in [2.45, 2.75) is 34.8 Å². The Bertz CT molecular complexity index is 775. The average Bonchev–Trinajstić information content (AvgIpc) is 2.99. The van der Waals surface area contributed by atoms with E-state index in [1.807, 2.05) is 6.07 Å². The van der Waals surface area contributed by atoms with Gasteiger partial charge in [-0.1, -0.05) is 18.2 Å². The largest absolute Gasteiger partial charge is 0.381 e. The van der Waals surface area contributed by atoms with Gasteiger partial charge in [0.15, 0.2) is 15.7 Å². The third kappa shape index (κ3) is 1.99. The molecule has 0 radical (unpaired) electrons. The van der Waals surface area contributed by atoms with Gasteiger partial charge >= 0.3 is 0 Å². The van der Waals surface area contributed by atoms with E-state index in [9.17, 15) is 8.42 Å². The highest BCUT2D eigenvalue weighted by Gasteiger charge is 2.59. The van der Waals surface area contributed by atoms with E-state index in [0.717, 1.165) is 12.2 Å². The molecule has 116 valence electrons. The zero-order valence-corrected chi connectivity index (χ0v) is 12.8. The van der Waals surface area contributed by atoms with E-state index in [4.69, 9.17) is 4.74 Å². The van der Waals surface area contributed by atoms with Gasteiger partial charge in [0.1, 0.15) is 10.6 Å². The van der Waals surface area contributed by atoms with E-state index < -0.39 is 14.6 Å². The predicted octanol–water partition coefficient (Wildman–Crippen LogP) is 1.77. The van der Waals surface area contributed by atoms with Crippen molar-refractivity contribution in [1.82, 2.24) is 15.2 Å². The van der Waals surface area contributed by atoms with Gasteiger partial charge in [-0.15, -0.1) is 0 Å². The molecule has 4 rings (SSSR count). The summed E-state index contributed by atoms with van der Waals surface area (Å²) in [5.41, 5.74) is 0. The van der Waals surface area contributed by atoms with Crippen molar-refractivity contribution in [1.29, 1.82) is 0 Å². The summed E-state index contributed by atoms with van der Waals surface area (Å²) < 4.78 is 30.3. The molecule has 1 atom stereocenters. The van der Waals surface area contributed by atoms with Crippen LogP contribution in [0.5, 0.6) is 0 Å². The molecule has 6 nitrogen and oxygen atoms in total. The summed E-state index contributed by atoms with van der Waals surface area (Å²) in [6.45, 7) is 1.33. The quantitative estimate of drug-likeness (QED) is 0.928. The van der Waals surface area contributed by atoms with Crippen LogP contribution in [0.15, 0.2) is 35.2 Å². The molecule has 1 aromatic carbocycles. The number of hydrogen-bond donors (Lipinski definition) is 1. The molecule has 0 bridgehead atoms. The summed E-state index contributed by atoms with van der Waals surface area (Å²) in [5.74, 6) is 1.33. The molecule has 1 saturated carbocycles. The van der Waals surface area contributed by atoms with Crippen LogP contribution < -0.4 is 0 Å². The fourth-order valence-electron chi connectivity index (χ4n) is 2.96. The first-order chi connectivity index (χ1) is 10.6. The Hall–Kier alpha value is -1.73. The standard InChI is InChI=1S/C15H17N3O3S/c19-22(20,12-4-2-1-3-5-12)15(7-8-15)14-16-13(17-18-14)11-6-9-21-10-11/h1-5,11H,6-10H2,(H,16,17,18)/t11-/m0/s1. The summed E-state index contributed by atoms with van der Waals surface area (Å²) >= 11 is 0. The lowest BCUT2D eigenvalue weighted by molar-refractivity contribution is 0.193. The fraction of sp³-hybridized carbons (Fsp3) is 0.467. The summed E-state index contributed by atoms with van der Waals surface area (Å²) in [5, 5.41) is 7.13. The number of ether oxygens (including phenoxy) is 1. The third-order valence-corrected chi connectivity index (χ3v) is 7.01. The highest BCUT2D eigenvalue weighted by Crippen LogP contribution is 2.54. The van der Waals surface area contributed by atoms with Crippen LogP contribution >= 0.6 is 0 Å². The van der Waals surface area contributed by atoms with Crippen LogP contribution in [-0.2, 0) is 19.3 Å². The first-order valence-corrected chi connectivity index (χ1v) is 8.92. The molecule has 1 aliphatic carbocycles. The van der Waals surface area contributed by atoms with E-state index in [0.29, 0.717) is 36.8 Å². The fourth-order valence-corrected chi connectivity index (χ4v) is 4.90. The Balaban J connectivity index is 1.70. The molecule has 0 unspecified atom stereocenters. The van der Waals surface area contributed by atoms with Gasteiger partial charge in [-0.2, -0.15) is 5.10 Å². The van der Waals surface area contributed by atoms with Gasteiger partial charge in [0.05, 0.1) is 11.5 Å². The van der Waals surface area contributed by atoms with E-state index in [2.05, 4.69) is 15.2 Å². The predicted molar refractivity (Wildman–Crippen MR) is 79.1 cm³/mol. The lowest BCUT2D eigenvalue weighted by Crippen LogP contribution is -2.22. The molecule has 22 heavy (non-hydrogen) atoms. The molecule has 1 N–H and O–H groups in total. The second-order valence-corrected chi connectivity index (χ2v) is 8.18. The van der Waals surface area contributed by atoms with E-state index >= 15 is 0 Å². The lowest BCUT2D eigenvalue weighted by atomic mass is 10.1. The summed E-state index contributed by atoms with van der Waals surface area (Å²) in [7, 11) is -3.47. The molecular weight excluding hydrogens is 302 g/mol. The average molecular weight is 319 g/mol. The Labute approximate surface area is 128 Å². The van der Waals surface area contributed by atoms with Crippen molar-refractivity contribution in [2.75, 3.05) is 13.2 Å². The van der Waals surface area contributed by atoms with Gasteiger partial charge in [-0.05, 0) is 31.4 Å². The maximum atomic E-state index is 12.9. The minimum atomic E-state index is -3.47. The maximum absolute atomic E-state index is 12.9. The number of hydrogen-bond acceptors (Lipinski definition) is 5. The number of benzene rings is 1. The highest BCUT2D eigenvalue weighted by molar-refractivity contribution is 7.92. The molecule has 0 spiro atoms. The third-order valence-electron chi connectivity index (χ3n) is 4.50. The summed E-state index contributed by atoms with van der Waals surface area (Å²) in [6, 6.07) is 8.55. The van der Waals surface area contributed by atoms with Crippen molar-refractivity contribution >= 4 is 9.84 Å². The van der Waals surface area contributed by atoms with Gasteiger partial charge < -0.3 is 4.74 Å². The van der Waals surface area contributed by atoms with E-state index in [1.165, 1.54) is 0 Å². The van der Waals surface area contributed by atoms with Crippen LogP contribution in [0.1, 0.15) is 36.8 Å².